The third kappa shape index (κ3) is 4.94. The first kappa shape index (κ1) is 22.2. The first-order chi connectivity index (χ1) is 16.1. The summed E-state index contributed by atoms with van der Waals surface area (Å²) in [6.45, 7) is 4.96. The van der Waals surface area contributed by atoms with Crippen molar-refractivity contribution in [3.8, 4) is 28.8 Å². The van der Waals surface area contributed by atoms with Gasteiger partial charge in [-0.1, -0.05) is 24.8 Å². The largest absolute Gasteiger partial charge is 0.496 e. The molecule has 8 nitrogen and oxygen atoms in total. The van der Waals surface area contributed by atoms with Crippen molar-refractivity contribution in [3.05, 3.63) is 65.2 Å². The van der Waals surface area contributed by atoms with E-state index in [0.717, 1.165) is 35.5 Å². The molecule has 1 aromatic carbocycles. The number of amides is 1. The van der Waals surface area contributed by atoms with Gasteiger partial charge in [0.15, 0.2) is 0 Å². The van der Waals surface area contributed by atoms with Crippen LogP contribution in [0.2, 0.25) is 0 Å². The van der Waals surface area contributed by atoms with E-state index in [1.807, 2.05) is 30.0 Å². The van der Waals surface area contributed by atoms with Crippen LogP contribution in [0.25, 0.3) is 11.3 Å². The standard InChI is InChI=1S/C25H26N6O2/c1-3-21-19(7-4-17-5-9-23(26)28-15-17)24(30-16-29-21)18-6-8-20(22(14-18)33-2)25(32)31-12-10-27-11-13-31/h5-6,8-9,14-16,27H,3,10-13H2,1-2H3,(H2,26,28). The fourth-order valence-corrected chi connectivity index (χ4v) is 3.71. The van der Waals surface area contributed by atoms with Crippen LogP contribution in [0.15, 0.2) is 42.9 Å². The van der Waals surface area contributed by atoms with Crippen LogP contribution in [-0.2, 0) is 6.42 Å². The molecule has 0 saturated carbocycles. The lowest BCUT2D eigenvalue weighted by Crippen LogP contribution is -2.46. The SMILES string of the molecule is CCc1ncnc(-c2ccc(C(=O)N3CCNCC3)c(OC)c2)c1C#Cc1ccc(N)nc1. The van der Waals surface area contributed by atoms with Crippen LogP contribution in [0.1, 0.15) is 34.1 Å². The minimum atomic E-state index is -0.0345. The molecule has 8 heteroatoms. The number of aromatic nitrogens is 3. The Hall–Kier alpha value is -3.96. The Kier molecular flexibility index (Phi) is 6.81. The number of anilines is 1. The average Bonchev–Trinajstić information content (AvgIpc) is 2.87. The topological polar surface area (TPSA) is 106 Å². The number of rotatable bonds is 4. The predicted molar refractivity (Wildman–Crippen MR) is 127 cm³/mol. The summed E-state index contributed by atoms with van der Waals surface area (Å²) in [6, 6.07) is 9.06. The van der Waals surface area contributed by atoms with Crippen molar-refractivity contribution in [1.82, 2.24) is 25.2 Å². The molecular formula is C25H26N6O2. The van der Waals surface area contributed by atoms with Gasteiger partial charge >= 0.3 is 0 Å². The van der Waals surface area contributed by atoms with Crippen molar-refractivity contribution in [2.24, 2.45) is 0 Å². The molecule has 0 radical (unpaired) electrons. The molecule has 0 bridgehead atoms. The molecule has 3 heterocycles. The Bertz CT molecular complexity index is 1210. The van der Waals surface area contributed by atoms with Gasteiger partial charge in [-0.25, -0.2) is 15.0 Å². The second kappa shape index (κ2) is 10.1. The Balaban J connectivity index is 1.73. The number of nitrogens with zero attached hydrogens (tertiary/aromatic N) is 4. The Morgan fingerprint density at radius 1 is 1.15 bits per heavy atom. The molecule has 1 aliphatic rings. The molecule has 33 heavy (non-hydrogen) atoms. The van der Waals surface area contributed by atoms with E-state index >= 15 is 0 Å². The lowest BCUT2D eigenvalue weighted by atomic mass is 10.0. The number of nitrogen functional groups attached to an aromatic ring is 1. The van der Waals surface area contributed by atoms with Crippen molar-refractivity contribution in [1.29, 1.82) is 0 Å². The van der Waals surface area contributed by atoms with Crippen LogP contribution in [0.3, 0.4) is 0 Å². The van der Waals surface area contributed by atoms with E-state index in [1.165, 1.54) is 6.33 Å². The summed E-state index contributed by atoms with van der Waals surface area (Å²) in [5.41, 5.74) is 10.0. The van der Waals surface area contributed by atoms with Gasteiger partial charge in [0.25, 0.3) is 5.91 Å². The van der Waals surface area contributed by atoms with Gasteiger partial charge in [-0.15, -0.1) is 0 Å². The Morgan fingerprint density at radius 3 is 2.67 bits per heavy atom. The summed E-state index contributed by atoms with van der Waals surface area (Å²) in [6.07, 6.45) is 3.88. The van der Waals surface area contributed by atoms with Crippen LogP contribution in [0.5, 0.6) is 5.75 Å². The third-order valence-corrected chi connectivity index (χ3v) is 5.49. The molecule has 2 aromatic heterocycles. The zero-order valence-corrected chi connectivity index (χ0v) is 18.8. The van der Waals surface area contributed by atoms with E-state index in [0.29, 0.717) is 42.3 Å². The van der Waals surface area contributed by atoms with Gasteiger partial charge in [-0.2, -0.15) is 0 Å². The highest BCUT2D eigenvalue weighted by molar-refractivity contribution is 5.97. The highest BCUT2D eigenvalue weighted by Crippen LogP contribution is 2.30. The lowest BCUT2D eigenvalue weighted by molar-refractivity contribution is 0.0732. The molecule has 0 aliphatic carbocycles. The van der Waals surface area contributed by atoms with Crippen LogP contribution >= 0.6 is 0 Å². The molecule has 3 N–H and O–H groups in total. The number of hydrogen-bond donors (Lipinski definition) is 2. The minimum absolute atomic E-state index is 0.0345. The monoisotopic (exact) mass is 442 g/mol. The maximum Gasteiger partial charge on any atom is 0.257 e. The van der Waals surface area contributed by atoms with Crippen molar-refractivity contribution in [2.45, 2.75) is 13.3 Å². The predicted octanol–water partition coefficient (Wildman–Crippen LogP) is 2.14. The van der Waals surface area contributed by atoms with Gasteiger partial charge in [0, 0.05) is 43.5 Å². The first-order valence-electron chi connectivity index (χ1n) is 10.9. The number of carbonyl (C=O) groups is 1. The van der Waals surface area contributed by atoms with E-state index in [-0.39, 0.29) is 5.91 Å². The number of carbonyl (C=O) groups excluding carboxylic acids is 1. The summed E-state index contributed by atoms with van der Waals surface area (Å²) in [5.74, 6) is 7.26. The zero-order valence-electron chi connectivity index (χ0n) is 18.8. The Morgan fingerprint density at radius 2 is 1.97 bits per heavy atom. The average molecular weight is 443 g/mol. The van der Waals surface area contributed by atoms with Crippen molar-refractivity contribution in [2.75, 3.05) is 39.0 Å². The quantitative estimate of drug-likeness (QED) is 0.596. The zero-order chi connectivity index (χ0) is 23.2. The molecule has 4 rings (SSSR count). The molecule has 0 atom stereocenters. The second-order valence-corrected chi connectivity index (χ2v) is 7.58. The van der Waals surface area contributed by atoms with E-state index < -0.39 is 0 Å². The summed E-state index contributed by atoms with van der Waals surface area (Å²) in [7, 11) is 1.57. The third-order valence-electron chi connectivity index (χ3n) is 5.49. The molecule has 0 spiro atoms. The summed E-state index contributed by atoms with van der Waals surface area (Å²) in [4.78, 5) is 27.9. The van der Waals surface area contributed by atoms with Gasteiger partial charge in [0.2, 0.25) is 0 Å². The highest BCUT2D eigenvalue weighted by Gasteiger charge is 2.22. The number of aryl methyl sites for hydroxylation is 1. The molecule has 1 amide bonds. The number of nitrogens with one attached hydrogen (secondary N) is 1. The number of methoxy groups -OCH3 is 1. The number of nitrogens with two attached hydrogens (primary N) is 1. The van der Waals surface area contributed by atoms with E-state index in [9.17, 15) is 4.79 Å². The van der Waals surface area contributed by atoms with Crippen LogP contribution < -0.4 is 15.8 Å². The maximum atomic E-state index is 13.0. The summed E-state index contributed by atoms with van der Waals surface area (Å²) >= 11 is 0. The second-order valence-electron chi connectivity index (χ2n) is 7.58. The van der Waals surface area contributed by atoms with Crippen molar-refractivity contribution >= 4 is 11.7 Å². The molecule has 1 fully saturated rings. The Labute approximate surface area is 193 Å². The van der Waals surface area contributed by atoms with Gasteiger partial charge < -0.3 is 20.7 Å². The molecule has 168 valence electrons. The number of ether oxygens (including phenoxy) is 1. The van der Waals surface area contributed by atoms with Gasteiger partial charge in [0.05, 0.1) is 29.6 Å². The minimum Gasteiger partial charge on any atom is -0.496 e. The van der Waals surface area contributed by atoms with E-state index in [2.05, 4.69) is 32.1 Å². The van der Waals surface area contributed by atoms with Gasteiger partial charge in [0.1, 0.15) is 17.9 Å². The normalized spacial score (nSPS) is 13.2. The highest BCUT2D eigenvalue weighted by atomic mass is 16.5. The molecule has 3 aromatic rings. The molecule has 1 aliphatic heterocycles. The van der Waals surface area contributed by atoms with Crippen LogP contribution in [0, 0.1) is 11.8 Å². The lowest BCUT2D eigenvalue weighted by Gasteiger charge is -2.28. The summed E-state index contributed by atoms with van der Waals surface area (Å²) in [5, 5.41) is 3.26. The number of hydrogen-bond acceptors (Lipinski definition) is 7. The summed E-state index contributed by atoms with van der Waals surface area (Å²) < 4.78 is 5.59. The number of benzene rings is 1. The molecular weight excluding hydrogens is 416 g/mol. The van der Waals surface area contributed by atoms with E-state index in [1.54, 1.807) is 25.4 Å². The van der Waals surface area contributed by atoms with Gasteiger partial charge in [-0.05, 0) is 30.7 Å². The van der Waals surface area contributed by atoms with Gasteiger partial charge in [-0.3, -0.25) is 4.79 Å². The van der Waals surface area contributed by atoms with Crippen LogP contribution in [0.4, 0.5) is 5.82 Å². The fourth-order valence-electron chi connectivity index (χ4n) is 3.71. The first-order valence-corrected chi connectivity index (χ1v) is 10.9. The molecule has 1 saturated heterocycles. The number of piperazine rings is 1. The van der Waals surface area contributed by atoms with Crippen molar-refractivity contribution in [3.63, 3.8) is 0 Å². The smallest absolute Gasteiger partial charge is 0.257 e. The number of pyridine rings is 1. The fraction of sp³-hybridized carbons (Fsp3) is 0.280. The van der Waals surface area contributed by atoms with E-state index in [4.69, 9.17) is 10.5 Å². The molecule has 0 unspecified atom stereocenters. The van der Waals surface area contributed by atoms with Crippen LogP contribution in [-0.4, -0.2) is 59.0 Å². The van der Waals surface area contributed by atoms with Crippen molar-refractivity contribution < 1.29 is 9.53 Å². The maximum absolute atomic E-state index is 13.0.